The lowest BCUT2D eigenvalue weighted by Crippen LogP contribution is -2.09. The Kier molecular flexibility index (Phi) is 6.30. The van der Waals surface area contributed by atoms with Gasteiger partial charge in [0.05, 0.1) is 35.9 Å². The van der Waals surface area contributed by atoms with Crippen molar-refractivity contribution in [1.82, 2.24) is 19.7 Å². The second kappa shape index (κ2) is 9.12. The van der Waals surface area contributed by atoms with Crippen molar-refractivity contribution in [2.75, 3.05) is 13.2 Å². The number of imidazole rings is 1. The van der Waals surface area contributed by atoms with Gasteiger partial charge in [-0.1, -0.05) is 31.5 Å². The van der Waals surface area contributed by atoms with Gasteiger partial charge in [-0.05, 0) is 61.7 Å². The fourth-order valence-electron chi connectivity index (χ4n) is 3.58. The number of fused-ring (bicyclic) bond motifs is 1. The van der Waals surface area contributed by atoms with Gasteiger partial charge >= 0.3 is 0 Å². The topological polar surface area (TPSA) is 81.8 Å². The number of ether oxygens (including phenoxy) is 1. The van der Waals surface area contributed by atoms with Crippen molar-refractivity contribution in [3.63, 3.8) is 0 Å². The normalized spacial score (nSPS) is 11.5. The van der Waals surface area contributed by atoms with Crippen molar-refractivity contribution in [2.45, 2.75) is 33.7 Å². The molecule has 7 heteroatoms. The SMILES string of the molecule is Cc1c(-c2nc3ccc(CCN)cc3[nH]2)cnn1Cc1cc(Cl)ccc1OCC(C)C. The summed E-state index contributed by atoms with van der Waals surface area (Å²) in [6.45, 7) is 8.17. The molecule has 4 aromatic rings. The van der Waals surface area contributed by atoms with E-state index in [0.717, 1.165) is 45.8 Å². The summed E-state index contributed by atoms with van der Waals surface area (Å²) in [7, 11) is 0. The number of aromatic nitrogens is 4. The number of nitrogens with two attached hydrogens (primary N) is 1. The summed E-state index contributed by atoms with van der Waals surface area (Å²) in [5.41, 5.74) is 11.8. The van der Waals surface area contributed by atoms with E-state index in [4.69, 9.17) is 27.1 Å². The van der Waals surface area contributed by atoms with Crippen LogP contribution in [0.4, 0.5) is 0 Å². The average molecular weight is 438 g/mol. The number of aromatic amines is 1. The van der Waals surface area contributed by atoms with Crippen molar-refractivity contribution < 1.29 is 4.74 Å². The molecule has 162 valence electrons. The van der Waals surface area contributed by atoms with Crippen molar-refractivity contribution >= 4 is 22.6 Å². The monoisotopic (exact) mass is 437 g/mol. The first-order chi connectivity index (χ1) is 14.9. The molecule has 4 rings (SSSR count). The van der Waals surface area contributed by atoms with E-state index in [9.17, 15) is 0 Å². The van der Waals surface area contributed by atoms with Crippen LogP contribution in [0.1, 0.15) is 30.7 Å². The third kappa shape index (κ3) is 4.75. The van der Waals surface area contributed by atoms with E-state index in [2.05, 4.69) is 43.0 Å². The summed E-state index contributed by atoms with van der Waals surface area (Å²) in [6.07, 6.45) is 2.70. The zero-order chi connectivity index (χ0) is 22.0. The number of nitrogens with zero attached hydrogens (tertiary/aromatic N) is 3. The van der Waals surface area contributed by atoms with Crippen molar-refractivity contribution in [3.8, 4) is 17.1 Å². The molecule has 31 heavy (non-hydrogen) atoms. The Morgan fingerprint density at radius 1 is 1.19 bits per heavy atom. The van der Waals surface area contributed by atoms with Crippen molar-refractivity contribution in [1.29, 1.82) is 0 Å². The lowest BCUT2D eigenvalue weighted by Gasteiger charge is -2.14. The fraction of sp³-hybridized carbons (Fsp3) is 0.333. The van der Waals surface area contributed by atoms with Gasteiger partial charge in [-0.3, -0.25) is 4.68 Å². The third-order valence-electron chi connectivity index (χ3n) is 5.25. The Morgan fingerprint density at radius 2 is 2.03 bits per heavy atom. The Morgan fingerprint density at radius 3 is 2.81 bits per heavy atom. The van der Waals surface area contributed by atoms with E-state index in [1.807, 2.05) is 35.1 Å². The summed E-state index contributed by atoms with van der Waals surface area (Å²) in [5.74, 6) is 2.09. The van der Waals surface area contributed by atoms with E-state index in [1.54, 1.807) is 0 Å². The summed E-state index contributed by atoms with van der Waals surface area (Å²) < 4.78 is 7.96. The predicted octanol–water partition coefficient (Wildman–Crippen LogP) is 4.97. The Balaban J connectivity index is 1.62. The van der Waals surface area contributed by atoms with Crippen LogP contribution in [0.5, 0.6) is 5.75 Å². The molecular formula is C24H28ClN5O. The van der Waals surface area contributed by atoms with Gasteiger partial charge in [-0.2, -0.15) is 5.10 Å². The predicted molar refractivity (Wildman–Crippen MR) is 126 cm³/mol. The summed E-state index contributed by atoms with van der Waals surface area (Å²) in [6, 6.07) is 12.0. The maximum Gasteiger partial charge on any atom is 0.141 e. The number of halogens is 1. The minimum absolute atomic E-state index is 0.444. The zero-order valence-corrected chi connectivity index (χ0v) is 18.9. The van der Waals surface area contributed by atoms with Crippen LogP contribution in [-0.2, 0) is 13.0 Å². The lowest BCUT2D eigenvalue weighted by atomic mass is 10.1. The van der Waals surface area contributed by atoms with E-state index in [0.29, 0.717) is 30.6 Å². The maximum atomic E-state index is 6.26. The molecule has 0 saturated heterocycles. The first kappa shape index (κ1) is 21.4. The minimum Gasteiger partial charge on any atom is -0.493 e. The van der Waals surface area contributed by atoms with E-state index < -0.39 is 0 Å². The van der Waals surface area contributed by atoms with E-state index in [-0.39, 0.29) is 0 Å². The van der Waals surface area contributed by atoms with E-state index >= 15 is 0 Å². The molecule has 0 saturated carbocycles. The van der Waals surface area contributed by atoms with Crippen LogP contribution in [0.15, 0.2) is 42.6 Å². The quantitative estimate of drug-likeness (QED) is 0.407. The Labute approximate surface area is 187 Å². The van der Waals surface area contributed by atoms with Crippen LogP contribution in [0.25, 0.3) is 22.4 Å². The molecule has 0 amide bonds. The fourth-order valence-corrected chi connectivity index (χ4v) is 3.77. The molecule has 3 N–H and O–H groups in total. The van der Waals surface area contributed by atoms with Crippen LogP contribution >= 0.6 is 11.6 Å². The standard InChI is InChI=1S/C24H28ClN5O/c1-15(2)14-31-23-7-5-19(25)11-18(23)13-30-16(3)20(12-27-30)24-28-21-6-4-17(8-9-26)10-22(21)29-24/h4-7,10-12,15H,8-9,13-14,26H2,1-3H3,(H,28,29). The van der Waals surface area contributed by atoms with Gasteiger partial charge in [0.15, 0.2) is 0 Å². The number of hydrogen-bond acceptors (Lipinski definition) is 4. The second-order valence-electron chi connectivity index (χ2n) is 8.23. The van der Waals surface area contributed by atoms with Gasteiger partial charge in [0.25, 0.3) is 0 Å². The summed E-state index contributed by atoms with van der Waals surface area (Å²) >= 11 is 6.26. The second-order valence-corrected chi connectivity index (χ2v) is 8.67. The minimum atomic E-state index is 0.444. The first-order valence-corrected chi connectivity index (χ1v) is 10.9. The number of nitrogens with one attached hydrogen (secondary N) is 1. The summed E-state index contributed by atoms with van der Waals surface area (Å²) in [5, 5.41) is 5.29. The molecule has 0 radical (unpaired) electrons. The third-order valence-corrected chi connectivity index (χ3v) is 5.49. The highest BCUT2D eigenvalue weighted by Crippen LogP contribution is 2.28. The molecule has 2 aromatic carbocycles. The molecule has 0 bridgehead atoms. The molecule has 0 unspecified atom stereocenters. The van der Waals surface area contributed by atoms with Crippen LogP contribution < -0.4 is 10.5 Å². The number of rotatable bonds is 8. The largest absolute Gasteiger partial charge is 0.493 e. The molecule has 6 nitrogen and oxygen atoms in total. The highest BCUT2D eigenvalue weighted by Gasteiger charge is 2.15. The number of H-pyrrole nitrogens is 1. The lowest BCUT2D eigenvalue weighted by molar-refractivity contribution is 0.268. The molecule has 0 fully saturated rings. The number of hydrogen-bond donors (Lipinski definition) is 2. The Bertz CT molecular complexity index is 1190. The average Bonchev–Trinajstić information content (AvgIpc) is 3.30. The number of benzene rings is 2. The molecule has 0 atom stereocenters. The highest BCUT2D eigenvalue weighted by molar-refractivity contribution is 6.30. The van der Waals surface area contributed by atoms with Crippen molar-refractivity contribution in [2.24, 2.45) is 11.7 Å². The first-order valence-electron chi connectivity index (χ1n) is 10.6. The van der Waals surface area contributed by atoms with Crippen LogP contribution in [0, 0.1) is 12.8 Å². The molecule has 2 aromatic heterocycles. The van der Waals surface area contributed by atoms with Crippen LogP contribution in [0.2, 0.25) is 5.02 Å². The molecule has 0 spiro atoms. The summed E-state index contributed by atoms with van der Waals surface area (Å²) in [4.78, 5) is 8.19. The van der Waals surface area contributed by atoms with Gasteiger partial charge in [-0.15, -0.1) is 0 Å². The smallest absolute Gasteiger partial charge is 0.141 e. The maximum absolute atomic E-state index is 6.26. The van der Waals surface area contributed by atoms with Gasteiger partial charge in [0.1, 0.15) is 11.6 Å². The highest BCUT2D eigenvalue weighted by atomic mass is 35.5. The van der Waals surface area contributed by atoms with E-state index in [1.165, 1.54) is 5.56 Å². The van der Waals surface area contributed by atoms with Gasteiger partial charge in [0.2, 0.25) is 0 Å². The molecular weight excluding hydrogens is 410 g/mol. The molecule has 0 aliphatic carbocycles. The molecule has 0 aliphatic rings. The van der Waals surface area contributed by atoms with Crippen LogP contribution in [0.3, 0.4) is 0 Å². The van der Waals surface area contributed by atoms with Crippen LogP contribution in [-0.4, -0.2) is 32.9 Å². The molecule has 2 heterocycles. The zero-order valence-electron chi connectivity index (χ0n) is 18.2. The van der Waals surface area contributed by atoms with Gasteiger partial charge < -0.3 is 15.5 Å². The van der Waals surface area contributed by atoms with Gasteiger partial charge in [-0.25, -0.2) is 4.98 Å². The molecule has 0 aliphatic heterocycles. The van der Waals surface area contributed by atoms with Crippen molar-refractivity contribution in [3.05, 3.63) is 64.4 Å². The Hall–Kier alpha value is -2.83. The van der Waals surface area contributed by atoms with Gasteiger partial charge in [0, 0.05) is 16.3 Å².